The van der Waals surface area contributed by atoms with Crippen LogP contribution in [0, 0.1) is 17.8 Å². The molecule has 100 valence electrons. The second-order valence-corrected chi connectivity index (χ2v) is 8.88. The molecule has 0 spiro atoms. The molecule has 2 fully saturated rings. The molecule has 0 bridgehead atoms. The van der Waals surface area contributed by atoms with E-state index in [1.54, 1.807) is 0 Å². The first-order valence-electron chi connectivity index (χ1n) is 6.72. The van der Waals surface area contributed by atoms with Gasteiger partial charge in [-0.25, -0.2) is 8.42 Å². The molecule has 17 heavy (non-hydrogen) atoms. The molecule has 2 aliphatic rings. The largest absolute Gasteiger partial charge is 0.229 e. The Kier molecular flexibility index (Phi) is 4.09. The van der Waals surface area contributed by atoms with Gasteiger partial charge in [0.05, 0.1) is 5.25 Å². The van der Waals surface area contributed by atoms with Crippen molar-refractivity contribution in [2.45, 2.75) is 56.1 Å². The lowest BCUT2D eigenvalue weighted by Crippen LogP contribution is -2.32. The van der Waals surface area contributed by atoms with Gasteiger partial charge in [0.15, 0.2) is 0 Å². The molecule has 2 nitrogen and oxygen atoms in total. The zero-order valence-electron chi connectivity index (χ0n) is 10.7. The van der Waals surface area contributed by atoms with Crippen LogP contribution in [0.15, 0.2) is 0 Å². The quantitative estimate of drug-likeness (QED) is 0.727. The summed E-state index contributed by atoms with van der Waals surface area (Å²) in [5, 5.41) is 0.210. The van der Waals surface area contributed by atoms with Gasteiger partial charge >= 0.3 is 0 Å². The number of rotatable bonds is 2. The summed E-state index contributed by atoms with van der Waals surface area (Å²) < 4.78 is 23.3. The number of halogens is 1. The van der Waals surface area contributed by atoms with Crippen molar-refractivity contribution >= 4 is 21.4 Å². The molecule has 0 N–H and O–H groups in total. The maximum atomic E-state index is 11.7. The lowest BCUT2D eigenvalue weighted by atomic mass is 9.76. The molecule has 2 saturated carbocycles. The van der Waals surface area contributed by atoms with Gasteiger partial charge in [0.1, 0.15) is 9.84 Å². The Balaban J connectivity index is 2.03. The van der Waals surface area contributed by atoms with Crippen LogP contribution in [0.1, 0.15) is 45.4 Å². The van der Waals surface area contributed by atoms with Crippen molar-refractivity contribution in [1.29, 1.82) is 0 Å². The second kappa shape index (κ2) is 5.08. The maximum absolute atomic E-state index is 11.7. The van der Waals surface area contributed by atoms with Gasteiger partial charge < -0.3 is 0 Å². The number of alkyl halides is 1. The highest BCUT2D eigenvalue weighted by Gasteiger charge is 2.40. The first-order valence-corrected chi connectivity index (χ1v) is 9.11. The van der Waals surface area contributed by atoms with Crippen molar-refractivity contribution in [2.75, 3.05) is 6.26 Å². The highest BCUT2D eigenvalue weighted by Crippen LogP contribution is 2.45. The summed E-state index contributed by atoms with van der Waals surface area (Å²) >= 11 is 6.28. The Hall–Kier alpha value is 0.240. The van der Waals surface area contributed by atoms with E-state index in [9.17, 15) is 8.42 Å². The van der Waals surface area contributed by atoms with E-state index in [0.717, 1.165) is 25.7 Å². The van der Waals surface area contributed by atoms with Crippen LogP contribution in [-0.2, 0) is 9.84 Å². The van der Waals surface area contributed by atoms with E-state index < -0.39 is 9.84 Å². The van der Waals surface area contributed by atoms with Gasteiger partial charge in [-0.1, -0.05) is 19.8 Å². The Morgan fingerprint density at radius 3 is 2.35 bits per heavy atom. The minimum atomic E-state index is -2.85. The third-order valence-electron chi connectivity index (χ3n) is 4.90. The first kappa shape index (κ1) is 13.7. The summed E-state index contributed by atoms with van der Waals surface area (Å²) in [7, 11) is -2.85. The summed E-state index contributed by atoms with van der Waals surface area (Å²) in [6.45, 7) is 2.24. The van der Waals surface area contributed by atoms with E-state index in [1.165, 1.54) is 19.1 Å². The molecule has 2 rings (SSSR count). The van der Waals surface area contributed by atoms with E-state index in [-0.39, 0.29) is 5.25 Å². The molecule has 0 heterocycles. The smallest absolute Gasteiger partial charge is 0.150 e. The zero-order valence-corrected chi connectivity index (χ0v) is 12.3. The van der Waals surface area contributed by atoms with Crippen LogP contribution < -0.4 is 0 Å². The van der Waals surface area contributed by atoms with E-state index in [0.29, 0.717) is 23.1 Å². The van der Waals surface area contributed by atoms with Crippen LogP contribution in [0.4, 0.5) is 0 Å². The van der Waals surface area contributed by atoms with Crippen LogP contribution >= 0.6 is 11.6 Å². The molecule has 5 atom stereocenters. The highest BCUT2D eigenvalue weighted by molar-refractivity contribution is 7.91. The Morgan fingerprint density at radius 1 is 1.12 bits per heavy atom. The molecule has 0 amide bonds. The molecular formula is C13H23ClO2S. The number of sulfone groups is 1. The summed E-state index contributed by atoms with van der Waals surface area (Å²) in [5.74, 6) is 1.80. The van der Waals surface area contributed by atoms with Crippen molar-refractivity contribution in [1.82, 2.24) is 0 Å². The van der Waals surface area contributed by atoms with Crippen LogP contribution in [-0.4, -0.2) is 25.3 Å². The summed E-state index contributed by atoms with van der Waals surface area (Å²) in [6, 6.07) is 0. The van der Waals surface area contributed by atoms with Crippen LogP contribution in [0.5, 0.6) is 0 Å². The Labute approximate surface area is 110 Å². The molecule has 4 heteroatoms. The van der Waals surface area contributed by atoms with Gasteiger partial charge in [-0.15, -0.1) is 11.6 Å². The van der Waals surface area contributed by atoms with Crippen molar-refractivity contribution in [3.05, 3.63) is 0 Å². The predicted molar refractivity (Wildman–Crippen MR) is 72.1 cm³/mol. The average molecular weight is 279 g/mol. The van der Waals surface area contributed by atoms with Crippen LogP contribution in [0.3, 0.4) is 0 Å². The van der Waals surface area contributed by atoms with Gasteiger partial charge in [-0.3, -0.25) is 0 Å². The summed E-state index contributed by atoms with van der Waals surface area (Å²) in [4.78, 5) is 0. The third-order valence-corrected chi connectivity index (χ3v) is 7.15. The van der Waals surface area contributed by atoms with Gasteiger partial charge in [0, 0.05) is 11.6 Å². The van der Waals surface area contributed by atoms with E-state index in [2.05, 4.69) is 6.92 Å². The number of hydrogen-bond acceptors (Lipinski definition) is 2. The van der Waals surface area contributed by atoms with Gasteiger partial charge in [-0.05, 0) is 43.4 Å². The lowest BCUT2D eigenvalue weighted by molar-refractivity contribution is 0.213. The minimum Gasteiger partial charge on any atom is -0.229 e. The first-order chi connectivity index (χ1) is 7.89. The average Bonchev–Trinajstić information content (AvgIpc) is 2.59. The minimum absolute atomic E-state index is 0.0946. The standard InChI is InChI=1S/C13H23ClO2S/c1-9-12(6-7-13(9)14)10-4-3-5-11(8-10)17(2,15)16/h9-13H,3-8H2,1-2H3. The van der Waals surface area contributed by atoms with E-state index >= 15 is 0 Å². The SMILES string of the molecule is CC1C(Cl)CCC1C1CCCC(S(C)(=O)=O)C1. The molecule has 2 aliphatic carbocycles. The van der Waals surface area contributed by atoms with Crippen molar-refractivity contribution < 1.29 is 8.42 Å². The Morgan fingerprint density at radius 2 is 1.82 bits per heavy atom. The predicted octanol–water partition coefficient (Wildman–Crippen LogP) is 3.24. The maximum Gasteiger partial charge on any atom is 0.150 e. The van der Waals surface area contributed by atoms with E-state index in [1.807, 2.05) is 0 Å². The molecular weight excluding hydrogens is 256 g/mol. The van der Waals surface area contributed by atoms with Gasteiger partial charge in [0.2, 0.25) is 0 Å². The van der Waals surface area contributed by atoms with Crippen LogP contribution in [0.25, 0.3) is 0 Å². The molecule has 0 aromatic carbocycles. The summed E-state index contributed by atoms with van der Waals surface area (Å²) in [5.41, 5.74) is 0. The molecule has 0 aromatic heterocycles. The second-order valence-electron chi connectivity index (χ2n) is 5.99. The molecule has 5 unspecified atom stereocenters. The van der Waals surface area contributed by atoms with Crippen molar-refractivity contribution in [3.63, 3.8) is 0 Å². The lowest BCUT2D eigenvalue weighted by Gasteiger charge is -2.34. The van der Waals surface area contributed by atoms with Crippen LogP contribution in [0.2, 0.25) is 0 Å². The van der Waals surface area contributed by atoms with Crippen molar-refractivity contribution in [3.8, 4) is 0 Å². The van der Waals surface area contributed by atoms with Gasteiger partial charge in [-0.2, -0.15) is 0 Å². The fourth-order valence-electron chi connectivity index (χ4n) is 3.77. The molecule has 0 radical (unpaired) electrons. The van der Waals surface area contributed by atoms with E-state index in [4.69, 9.17) is 11.6 Å². The molecule has 0 saturated heterocycles. The fraction of sp³-hybridized carbons (Fsp3) is 1.00. The summed E-state index contributed by atoms with van der Waals surface area (Å²) in [6.07, 6.45) is 7.69. The van der Waals surface area contributed by atoms with Gasteiger partial charge in [0.25, 0.3) is 0 Å². The van der Waals surface area contributed by atoms with Crippen molar-refractivity contribution in [2.24, 2.45) is 17.8 Å². The molecule has 0 aromatic rings. The number of hydrogen-bond donors (Lipinski definition) is 0. The third kappa shape index (κ3) is 2.98. The molecule has 0 aliphatic heterocycles. The topological polar surface area (TPSA) is 34.1 Å². The fourth-order valence-corrected chi connectivity index (χ4v) is 5.27. The normalized spacial score (nSPS) is 43.8. The zero-order chi connectivity index (χ0) is 12.6. The highest BCUT2D eigenvalue weighted by atomic mass is 35.5. The monoisotopic (exact) mass is 278 g/mol. The Bertz CT molecular complexity index is 366.